The molecule has 7 nitrogen and oxygen atoms in total. The number of likely N-dealkylation sites (N-methyl/N-ethyl adjacent to an activating group) is 1. The summed E-state index contributed by atoms with van der Waals surface area (Å²) in [5.74, 6) is -0.624. The summed E-state index contributed by atoms with van der Waals surface area (Å²) in [4.78, 5) is 37.2. The number of nitrogens with zero attached hydrogens (tertiary/aromatic N) is 1. The Morgan fingerprint density at radius 2 is 1.75 bits per heavy atom. The lowest BCUT2D eigenvalue weighted by atomic mass is 10.0. The van der Waals surface area contributed by atoms with Gasteiger partial charge in [-0.25, -0.2) is 4.79 Å². The molecule has 0 aromatic heterocycles. The summed E-state index contributed by atoms with van der Waals surface area (Å²) in [6.45, 7) is 5.93. The number of hydrogen-bond acceptors (Lipinski definition) is 4. The highest BCUT2D eigenvalue weighted by molar-refractivity contribution is 5.86. The molecule has 28 heavy (non-hydrogen) atoms. The Morgan fingerprint density at radius 1 is 1.11 bits per heavy atom. The van der Waals surface area contributed by atoms with Crippen LogP contribution in [0.4, 0.5) is 4.79 Å². The van der Waals surface area contributed by atoms with Crippen LogP contribution in [-0.2, 0) is 20.7 Å². The zero-order chi connectivity index (χ0) is 21.2. The minimum Gasteiger partial charge on any atom is -0.444 e. The van der Waals surface area contributed by atoms with Crippen LogP contribution < -0.4 is 11.1 Å². The third-order valence-corrected chi connectivity index (χ3v) is 4.20. The first-order chi connectivity index (χ1) is 13.1. The molecule has 1 atom stereocenters. The Bertz CT molecular complexity index is 641. The fraction of sp³-hybridized carbons (Fsp3) is 0.571. The number of alkyl carbamates (subject to hydrolysis) is 1. The zero-order valence-corrected chi connectivity index (χ0v) is 17.4. The molecular weight excluding hydrogens is 358 g/mol. The average molecular weight is 392 g/mol. The lowest BCUT2D eigenvalue weighted by Crippen LogP contribution is -2.47. The number of nitrogens with two attached hydrogens (primary N) is 1. The molecule has 7 heteroatoms. The van der Waals surface area contributed by atoms with Crippen LogP contribution in [0.25, 0.3) is 0 Å². The standard InChI is InChI=1S/C21H33N3O4/c1-21(2,3)28-20(27)23-14-10-6-9-13-18(25)24(4)17(19(22)26)15-16-11-7-5-8-12-16/h5,7-8,11-12,17H,6,9-10,13-15H2,1-4H3,(H2,22,26)(H,23,27)/t17-/m0/s1. The fourth-order valence-electron chi connectivity index (χ4n) is 2.70. The van der Waals surface area contributed by atoms with Crippen molar-refractivity contribution in [2.45, 2.75) is 64.5 Å². The van der Waals surface area contributed by atoms with Crippen LogP contribution in [0.3, 0.4) is 0 Å². The highest BCUT2D eigenvalue weighted by Gasteiger charge is 2.24. The summed E-state index contributed by atoms with van der Waals surface area (Å²) in [5, 5.41) is 2.69. The van der Waals surface area contributed by atoms with Crippen molar-refractivity contribution in [3.63, 3.8) is 0 Å². The summed E-state index contributed by atoms with van der Waals surface area (Å²) < 4.78 is 5.16. The Balaban J connectivity index is 2.33. The van der Waals surface area contributed by atoms with E-state index in [2.05, 4.69) is 5.32 Å². The summed E-state index contributed by atoms with van der Waals surface area (Å²) >= 11 is 0. The van der Waals surface area contributed by atoms with E-state index in [1.54, 1.807) is 7.05 Å². The molecule has 0 radical (unpaired) electrons. The number of primary amides is 1. The lowest BCUT2D eigenvalue weighted by Gasteiger charge is -2.26. The first-order valence-electron chi connectivity index (χ1n) is 9.66. The van der Waals surface area contributed by atoms with Crippen molar-refractivity contribution in [1.29, 1.82) is 0 Å². The van der Waals surface area contributed by atoms with E-state index in [-0.39, 0.29) is 5.91 Å². The van der Waals surface area contributed by atoms with Gasteiger partial charge in [-0.1, -0.05) is 36.8 Å². The van der Waals surface area contributed by atoms with E-state index in [0.717, 1.165) is 18.4 Å². The maximum absolute atomic E-state index is 12.4. The zero-order valence-electron chi connectivity index (χ0n) is 17.4. The molecule has 0 spiro atoms. The van der Waals surface area contributed by atoms with Gasteiger partial charge in [0, 0.05) is 26.4 Å². The van der Waals surface area contributed by atoms with E-state index in [9.17, 15) is 14.4 Å². The van der Waals surface area contributed by atoms with Crippen LogP contribution in [-0.4, -0.2) is 48.0 Å². The molecule has 1 rings (SSSR count). The molecule has 0 unspecified atom stereocenters. The normalized spacial score (nSPS) is 12.1. The summed E-state index contributed by atoms with van der Waals surface area (Å²) in [6, 6.07) is 8.83. The first kappa shape index (κ1) is 23.5. The number of carbonyl (C=O) groups is 3. The number of amides is 3. The molecule has 0 fully saturated rings. The van der Waals surface area contributed by atoms with Gasteiger partial charge in [0.25, 0.3) is 0 Å². The topological polar surface area (TPSA) is 102 Å². The van der Waals surface area contributed by atoms with E-state index >= 15 is 0 Å². The Hall–Kier alpha value is -2.57. The minimum absolute atomic E-state index is 0.111. The third kappa shape index (κ3) is 9.39. The van der Waals surface area contributed by atoms with E-state index < -0.39 is 23.6 Å². The maximum Gasteiger partial charge on any atom is 0.407 e. The number of carbonyl (C=O) groups excluding carboxylic acids is 3. The number of ether oxygens (including phenoxy) is 1. The predicted molar refractivity (Wildman–Crippen MR) is 109 cm³/mol. The lowest BCUT2D eigenvalue weighted by molar-refractivity contribution is -0.137. The molecule has 156 valence electrons. The number of nitrogens with one attached hydrogen (secondary N) is 1. The Labute approximate surface area is 167 Å². The molecule has 0 saturated heterocycles. The summed E-state index contributed by atoms with van der Waals surface area (Å²) in [7, 11) is 1.62. The molecule has 0 bridgehead atoms. The highest BCUT2D eigenvalue weighted by atomic mass is 16.6. The van der Waals surface area contributed by atoms with E-state index in [1.165, 1.54) is 4.90 Å². The quantitative estimate of drug-likeness (QED) is 0.599. The minimum atomic E-state index is -0.663. The predicted octanol–water partition coefficient (Wildman–Crippen LogP) is 2.63. The molecule has 0 aliphatic heterocycles. The van der Waals surface area contributed by atoms with Crippen LogP contribution in [0.1, 0.15) is 52.0 Å². The van der Waals surface area contributed by atoms with Gasteiger partial charge >= 0.3 is 6.09 Å². The first-order valence-corrected chi connectivity index (χ1v) is 9.66. The molecule has 3 amide bonds. The van der Waals surface area contributed by atoms with Crippen molar-refractivity contribution in [3.05, 3.63) is 35.9 Å². The van der Waals surface area contributed by atoms with Crippen molar-refractivity contribution in [2.75, 3.05) is 13.6 Å². The smallest absolute Gasteiger partial charge is 0.407 e. The number of unbranched alkanes of at least 4 members (excludes halogenated alkanes) is 2. The van der Waals surface area contributed by atoms with Crippen LogP contribution in [0.15, 0.2) is 30.3 Å². The second-order valence-electron chi connectivity index (χ2n) is 7.85. The van der Waals surface area contributed by atoms with E-state index in [0.29, 0.717) is 25.8 Å². The Kier molecular flexibility index (Phi) is 9.48. The molecule has 0 aliphatic carbocycles. The number of hydrogen-bond donors (Lipinski definition) is 2. The van der Waals surface area contributed by atoms with Gasteiger partial charge in [0.2, 0.25) is 11.8 Å². The second-order valence-corrected chi connectivity index (χ2v) is 7.85. The molecule has 0 heterocycles. The van der Waals surface area contributed by atoms with E-state index in [4.69, 9.17) is 10.5 Å². The van der Waals surface area contributed by atoms with Gasteiger partial charge in [-0.15, -0.1) is 0 Å². The Morgan fingerprint density at radius 3 is 2.32 bits per heavy atom. The van der Waals surface area contributed by atoms with Crippen LogP contribution in [0, 0.1) is 0 Å². The molecule has 1 aromatic rings. The van der Waals surface area contributed by atoms with E-state index in [1.807, 2.05) is 51.1 Å². The second kappa shape index (κ2) is 11.3. The van der Waals surface area contributed by atoms with Gasteiger partial charge in [-0.3, -0.25) is 9.59 Å². The largest absolute Gasteiger partial charge is 0.444 e. The molecule has 1 aromatic carbocycles. The van der Waals surface area contributed by atoms with Gasteiger partial charge in [0.1, 0.15) is 11.6 Å². The molecule has 0 aliphatic rings. The molecule has 0 saturated carbocycles. The number of benzene rings is 1. The van der Waals surface area contributed by atoms with Crippen LogP contribution in [0.5, 0.6) is 0 Å². The van der Waals surface area contributed by atoms with Gasteiger partial charge in [-0.05, 0) is 39.2 Å². The van der Waals surface area contributed by atoms with Crippen LogP contribution >= 0.6 is 0 Å². The molecular formula is C21H33N3O4. The molecule has 3 N–H and O–H groups in total. The van der Waals surface area contributed by atoms with Crippen molar-refractivity contribution in [1.82, 2.24) is 10.2 Å². The third-order valence-electron chi connectivity index (χ3n) is 4.20. The average Bonchev–Trinajstić information content (AvgIpc) is 2.61. The van der Waals surface area contributed by atoms with Crippen molar-refractivity contribution in [2.24, 2.45) is 5.73 Å². The SMILES string of the molecule is CN(C(=O)CCCCCNC(=O)OC(C)(C)C)[C@@H](Cc1ccccc1)C(N)=O. The monoisotopic (exact) mass is 391 g/mol. The fourth-order valence-corrected chi connectivity index (χ4v) is 2.70. The van der Waals surface area contributed by atoms with Crippen LogP contribution in [0.2, 0.25) is 0 Å². The van der Waals surface area contributed by atoms with Gasteiger partial charge < -0.3 is 20.7 Å². The van der Waals surface area contributed by atoms with Gasteiger partial charge in [0.05, 0.1) is 0 Å². The number of rotatable bonds is 10. The van der Waals surface area contributed by atoms with Crippen molar-refractivity contribution >= 4 is 17.9 Å². The van der Waals surface area contributed by atoms with Crippen molar-refractivity contribution < 1.29 is 19.1 Å². The highest BCUT2D eigenvalue weighted by Crippen LogP contribution is 2.11. The summed E-state index contributed by atoms with van der Waals surface area (Å²) in [5.41, 5.74) is 5.95. The van der Waals surface area contributed by atoms with Gasteiger partial charge in [-0.2, -0.15) is 0 Å². The van der Waals surface area contributed by atoms with Crippen molar-refractivity contribution in [3.8, 4) is 0 Å². The van der Waals surface area contributed by atoms with Gasteiger partial charge in [0.15, 0.2) is 0 Å². The summed E-state index contributed by atoms with van der Waals surface area (Å²) in [6.07, 6.45) is 2.51. The maximum atomic E-state index is 12.4.